The Kier molecular flexibility index (Phi) is 3.78. The Hall–Kier alpha value is -2.08. The Labute approximate surface area is 109 Å². The Morgan fingerprint density at radius 3 is 3.06 bits per heavy atom. The fraction of sp³-hybridized carbons (Fsp3) is 0.167. The predicted molar refractivity (Wildman–Crippen MR) is 70.1 cm³/mol. The van der Waals surface area contributed by atoms with E-state index in [9.17, 15) is 0 Å². The second-order valence-electron chi connectivity index (χ2n) is 3.68. The average Bonchev–Trinajstić information content (AvgIpc) is 2.90. The van der Waals surface area contributed by atoms with Gasteiger partial charge in [0.1, 0.15) is 17.4 Å². The van der Waals surface area contributed by atoms with Crippen molar-refractivity contribution in [2.24, 2.45) is 10.9 Å². The van der Waals surface area contributed by atoms with Gasteiger partial charge in [-0.05, 0) is 18.6 Å². The van der Waals surface area contributed by atoms with Gasteiger partial charge in [0.2, 0.25) is 0 Å². The molecule has 0 aliphatic heterocycles. The number of rotatable bonds is 4. The fourth-order valence-electron chi connectivity index (χ4n) is 1.44. The van der Waals surface area contributed by atoms with E-state index in [-0.39, 0.29) is 5.84 Å². The molecule has 0 spiro atoms. The third kappa shape index (κ3) is 2.78. The summed E-state index contributed by atoms with van der Waals surface area (Å²) in [4.78, 5) is 4.14. The van der Waals surface area contributed by atoms with Crippen molar-refractivity contribution in [3.8, 4) is 5.75 Å². The molecule has 18 heavy (non-hydrogen) atoms. The molecule has 0 atom stereocenters. The lowest BCUT2D eigenvalue weighted by Crippen LogP contribution is -2.13. The molecule has 2 aromatic rings. The second-order valence-corrected chi connectivity index (χ2v) is 4.66. The first-order valence-corrected chi connectivity index (χ1v) is 6.18. The minimum absolute atomic E-state index is 0.0640. The average molecular weight is 263 g/mol. The van der Waals surface area contributed by atoms with Crippen molar-refractivity contribution in [1.82, 2.24) is 4.98 Å². The zero-order valence-corrected chi connectivity index (χ0v) is 10.6. The van der Waals surface area contributed by atoms with Gasteiger partial charge in [0.25, 0.3) is 0 Å². The number of nitrogens with two attached hydrogens (primary N) is 1. The number of hydrogen-bond acceptors (Lipinski definition) is 5. The van der Waals surface area contributed by atoms with Crippen LogP contribution in [0.3, 0.4) is 0 Å². The molecular formula is C12H13N3O2S. The number of benzene rings is 1. The molecule has 2 rings (SSSR count). The molecule has 0 saturated heterocycles. The molecular weight excluding hydrogens is 250 g/mol. The third-order valence-corrected chi connectivity index (χ3v) is 3.18. The first-order chi connectivity index (χ1) is 8.70. The molecule has 0 aliphatic carbocycles. The first-order valence-electron chi connectivity index (χ1n) is 5.30. The lowest BCUT2D eigenvalue weighted by atomic mass is 10.1. The third-order valence-electron chi connectivity index (χ3n) is 2.43. The van der Waals surface area contributed by atoms with Gasteiger partial charge in [0.05, 0.1) is 0 Å². The zero-order valence-electron chi connectivity index (χ0n) is 9.83. The predicted octanol–water partition coefficient (Wildman–Crippen LogP) is 2.13. The van der Waals surface area contributed by atoms with E-state index in [1.54, 1.807) is 18.3 Å². The van der Waals surface area contributed by atoms with Crippen molar-refractivity contribution in [2.45, 2.75) is 13.5 Å². The summed E-state index contributed by atoms with van der Waals surface area (Å²) in [5.74, 6) is 0.767. The summed E-state index contributed by atoms with van der Waals surface area (Å²) in [5.41, 5.74) is 7.15. The second kappa shape index (κ2) is 5.50. The Balaban J connectivity index is 2.16. The molecule has 5 nitrogen and oxygen atoms in total. The molecule has 1 aromatic heterocycles. The molecule has 0 fully saturated rings. The summed E-state index contributed by atoms with van der Waals surface area (Å²) in [6, 6.07) is 5.39. The van der Waals surface area contributed by atoms with E-state index in [2.05, 4.69) is 10.1 Å². The van der Waals surface area contributed by atoms with Gasteiger partial charge < -0.3 is 15.7 Å². The van der Waals surface area contributed by atoms with Crippen LogP contribution >= 0.6 is 11.3 Å². The van der Waals surface area contributed by atoms with Crippen molar-refractivity contribution in [2.75, 3.05) is 0 Å². The Morgan fingerprint density at radius 2 is 2.39 bits per heavy atom. The number of ether oxygens (including phenoxy) is 1. The normalized spacial score (nSPS) is 11.5. The number of oxime groups is 1. The van der Waals surface area contributed by atoms with E-state index in [4.69, 9.17) is 15.7 Å². The van der Waals surface area contributed by atoms with Gasteiger partial charge in [-0.25, -0.2) is 4.98 Å². The van der Waals surface area contributed by atoms with Crippen molar-refractivity contribution < 1.29 is 9.94 Å². The highest BCUT2D eigenvalue weighted by Gasteiger charge is 2.06. The van der Waals surface area contributed by atoms with Gasteiger partial charge in [0.15, 0.2) is 5.84 Å². The van der Waals surface area contributed by atoms with Crippen LogP contribution in [0.2, 0.25) is 0 Å². The highest BCUT2D eigenvalue weighted by Crippen LogP contribution is 2.21. The summed E-state index contributed by atoms with van der Waals surface area (Å²) in [6.07, 6.45) is 1.74. The molecule has 3 N–H and O–H groups in total. The van der Waals surface area contributed by atoms with Gasteiger partial charge in [-0.1, -0.05) is 17.3 Å². The van der Waals surface area contributed by atoms with Crippen LogP contribution in [-0.4, -0.2) is 16.0 Å². The van der Waals surface area contributed by atoms with E-state index >= 15 is 0 Å². The van der Waals surface area contributed by atoms with Crippen LogP contribution in [0.1, 0.15) is 16.1 Å². The van der Waals surface area contributed by atoms with Crippen LogP contribution in [0.5, 0.6) is 5.75 Å². The summed E-state index contributed by atoms with van der Waals surface area (Å²) < 4.78 is 5.67. The first kappa shape index (κ1) is 12.4. The number of amidine groups is 1. The quantitative estimate of drug-likeness (QED) is 0.383. The summed E-state index contributed by atoms with van der Waals surface area (Å²) in [7, 11) is 0. The number of nitrogens with zero attached hydrogens (tertiary/aromatic N) is 2. The van der Waals surface area contributed by atoms with Crippen LogP contribution in [0.4, 0.5) is 0 Å². The van der Waals surface area contributed by atoms with Crippen molar-refractivity contribution in [3.05, 3.63) is 45.9 Å². The standard InChI is InChI=1S/C12H13N3O2S/c1-8-2-3-9(12(13)15-16)6-10(8)17-7-11-14-4-5-18-11/h2-6,16H,7H2,1H3,(H2,13,15). The van der Waals surface area contributed by atoms with Crippen LogP contribution in [0, 0.1) is 6.92 Å². The minimum Gasteiger partial charge on any atom is -0.486 e. The maximum atomic E-state index is 8.64. The van der Waals surface area contributed by atoms with E-state index < -0.39 is 0 Å². The summed E-state index contributed by atoms with van der Waals surface area (Å²) in [6.45, 7) is 2.35. The number of thiazole rings is 1. The van der Waals surface area contributed by atoms with Crippen LogP contribution < -0.4 is 10.5 Å². The zero-order chi connectivity index (χ0) is 13.0. The molecule has 0 bridgehead atoms. The smallest absolute Gasteiger partial charge is 0.170 e. The van der Waals surface area contributed by atoms with Crippen molar-refractivity contribution in [3.63, 3.8) is 0 Å². The molecule has 0 radical (unpaired) electrons. The van der Waals surface area contributed by atoms with Gasteiger partial charge in [0, 0.05) is 17.1 Å². The molecule has 0 amide bonds. The molecule has 1 heterocycles. The maximum absolute atomic E-state index is 8.64. The van der Waals surface area contributed by atoms with Gasteiger partial charge in [-0.2, -0.15) is 0 Å². The van der Waals surface area contributed by atoms with Crippen molar-refractivity contribution in [1.29, 1.82) is 0 Å². The van der Waals surface area contributed by atoms with E-state index in [0.717, 1.165) is 10.6 Å². The number of aryl methyl sites for hydroxylation is 1. The van der Waals surface area contributed by atoms with Gasteiger partial charge in [-0.3, -0.25) is 0 Å². The van der Waals surface area contributed by atoms with Gasteiger partial charge >= 0.3 is 0 Å². The molecule has 0 unspecified atom stereocenters. The Morgan fingerprint density at radius 1 is 1.56 bits per heavy atom. The number of aromatic nitrogens is 1. The fourth-order valence-corrected chi connectivity index (χ4v) is 1.96. The highest BCUT2D eigenvalue weighted by molar-refractivity contribution is 7.09. The van der Waals surface area contributed by atoms with Crippen LogP contribution in [-0.2, 0) is 6.61 Å². The monoisotopic (exact) mass is 263 g/mol. The van der Waals surface area contributed by atoms with Crippen LogP contribution in [0.25, 0.3) is 0 Å². The molecule has 0 aliphatic rings. The number of hydrogen-bond donors (Lipinski definition) is 2. The Bertz CT molecular complexity index is 552. The van der Waals surface area contributed by atoms with E-state index in [0.29, 0.717) is 17.9 Å². The molecule has 1 aromatic carbocycles. The summed E-state index contributed by atoms with van der Waals surface area (Å²) >= 11 is 1.54. The maximum Gasteiger partial charge on any atom is 0.170 e. The minimum atomic E-state index is 0.0640. The molecule has 0 saturated carbocycles. The van der Waals surface area contributed by atoms with E-state index in [1.165, 1.54) is 11.3 Å². The molecule has 94 valence electrons. The largest absolute Gasteiger partial charge is 0.486 e. The topological polar surface area (TPSA) is 80.7 Å². The van der Waals surface area contributed by atoms with Crippen molar-refractivity contribution >= 4 is 17.2 Å². The SMILES string of the molecule is Cc1ccc(/C(N)=N/O)cc1OCc1nccs1. The summed E-state index contributed by atoms with van der Waals surface area (Å²) in [5, 5.41) is 14.4. The van der Waals surface area contributed by atoms with Crippen LogP contribution in [0.15, 0.2) is 34.9 Å². The van der Waals surface area contributed by atoms with Gasteiger partial charge in [-0.15, -0.1) is 11.3 Å². The lowest BCUT2D eigenvalue weighted by molar-refractivity contribution is 0.303. The lowest BCUT2D eigenvalue weighted by Gasteiger charge is -2.09. The molecule has 6 heteroatoms. The van der Waals surface area contributed by atoms with E-state index in [1.807, 2.05) is 18.4 Å². The highest BCUT2D eigenvalue weighted by atomic mass is 32.1.